The van der Waals surface area contributed by atoms with Gasteiger partial charge >= 0.3 is 0 Å². The van der Waals surface area contributed by atoms with Gasteiger partial charge in [-0.3, -0.25) is 4.90 Å². The van der Waals surface area contributed by atoms with Crippen molar-refractivity contribution in [3.05, 3.63) is 47.7 Å². The minimum atomic E-state index is 0.559. The highest BCUT2D eigenvalue weighted by molar-refractivity contribution is 5.31. The summed E-state index contributed by atoms with van der Waals surface area (Å²) < 4.78 is 10.5. The van der Waals surface area contributed by atoms with Gasteiger partial charge in [-0.25, -0.2) is 4.98 Å². The van der Waals surface area contributed by atoms with Crippen molar-refractivity contribution in [1.82, 2.24) is 14.9 Å². The van der Waals surface area contributed by atoms with Crippen LogP contribution in [0.4, 0.5) is 5.95 Å². The van der Waals surface area contributed by atoms with Crippen LogP contribution in [0.2, 0.25) is 0 Å². The van der Waals surface area contributed by atoms with Gasteiger partial charge in [-0.2, -0.15) is 4.98 Å². The Kier molecular flexibility index (Phi) is 5.39. The SMILES string of the molecule is COc1ccnc(NCc2ccc(CN3CCOCC3)cc2)n1. The van der Waals surface area contributed by atoms with E-state index in [1.54, 1.807) is 19.4 Å². The van der Waals surface area contributed by atoms with Gasteiger partial charge in [-0.05, 0) is 11.1 Å². The Balaban J connectivity index is 1.52. The number of nitrogens with one attached hydrogen (secondary N) is 1. The zero-order chi connectivity index (χ0) is 15.9. The highest BCUT2D eigenvalue weighted by Gasteiger charge is 2.10. The fourth-order valence-corrected chi connectivity index (χ4v) is 2.50. The molecule has 0 spiro atoms. The van der Waals surface area contributed by atoms with Gasteiger partial charge in [0.1, 0.15) is 0 Å². The number of anilines is 1. The van der Waals surface area contributed by atoms with Crippen molar-refractivity contribution in [3.8, 4) is 5.88 Å². The Morgan fingerprint density at radius 2 is 1.87 bits per heavy atom. The Morgan fingerprint density at radius 1 is 1.13 bits per heavy atom. The zero-order valence-corrected chi connectivity index (χ0v) is 13.4. The van der Waals surface area contributed by atoms with Crippen LogP contribution in [0.1, 0.15) is 11.1 Å². The van der Waals surface area contributed by atoms with Crippen LogP contribution in [-0.2, 0) is 17.8 Å². The highest BCUT2D eigenvalue weighted by Crippen LogP contribution is 2.11. The average molecular weight is 314 g/mol. The van der Waals surface area contributed by atoms with Crippen molar-refractivity contribution in [3.63, 3.8) is 0 Å². The first kappa shape index (κ1) is 15.7. The largest absolute Gasteiger partial charge is 0.481 e. The number of aromatic nitrogens is 2. The molecule has 1 aromatic carbocycles. The van der Waals surface area contributed by atoms with Crippen LogP contribution in [0.5, 0.6) is 5.88 Å². The third kappa shape index (κ3) is 4.64. The van der Waals surface area contributed by atoms with E-state index in [0.29, 0.717) is 18.4 Å². The molecular weight excluding hydrogens is 292 g/mol. The van der Waals surface area contributed by atoms with Crippen LogP contribution in [0.15, 0.2) is 36.5 Å². The number of ether oxygens (including phenoxy) is 2. The smallest absolute Gasteiger partial charge is 0.226 e. The lowest BCUT2D eigenvalue weighted by Gasteiger charge is -2.26. The number of benzene rings is 1. The van der Waals surface area contributed by atoms with Crippen LogP contribution in [0.3, 0.4) is 0 Å². The molecule has 0 unspecified atom stereocenters. The lowest BCUT2D eigenvalue weighted by Crippen LogP contribution is -2.35. The second kappa shape index (κ2) is 7.89. The average Bonchev–Trinajstić information content (AvgIpc) is 2.62. The molecular formula is C17H22N4O2. The van der Waals surface area contributed by atoms with Crippen LogP contribution in [0.25, 0.3) is 0 Å². The Hall–Kier alpha value is -2.18. The van der Waals surface area contributed by atoms with Crippen LogP contribution < -0.4 is 10.1 Å². The predicted molar refractivity (Wildman–Crippen MR) is 88.4 cm³/mol. The number of hydrogen-bond donors (Lipinski definition) is 1. The monoisotopic (exact) mass is 314 g/mol. The molecule has 0 radical (unpaired) electrons. The molecule has 0 amide bonds. The summed E-state index contributed by atoms with van der Waals surface area (Å²) in [4.78, 5) is 10.8. The molecule has 1 saturated heterocycles. The second-order valence-electron chi connectivity index (χ2n) is 5.48. The van der Waals surface area contributed by atoms with E-state index >= 15 is 0 Å². The minimum Gasteiger partial charge on any atom is -0.481 e. The normalized spacial score (nSPS) is 15.3. The zero-order valence-electron chi connectivity index (χ0n) is 13.4. The van der Waals surface area contributed by atoms with Crippen molar-refractivity contribution < 1.29 is 9.47 Å². The van der Waals surface area contributed by atoms with Gasteiger partial charge in [-0.15, -0.1) is 0 Å². The molecule has 6 heteroatoms. The molecule has 0 saturated carbocycles. The molecule has 0 aliphatic carbocycles. The van der Waals surface area contributed by atoms with E-state index in [-0.39, 0.29) is 0 Å². The lowest BCUT2D eigenvalue weighted by molar-refractivity contribution is 0.0342. The molecule has 0 atom stereocenters. The maximum absolute atomic E-state index is 5.38. The number of rotatable bonds is 6. The standard InChI is InChI=1S/C17H22N4O2/c1-22-16-6-7-18-17(20-16)19-12-14-2-4-15(5-3-14)13-21-8-10-23-11-9-21/h2-7H,8-13H2,1H3,(H,18,19,20). The topological polar surface area (TPSA) is 59.5 Å². The molecule has 2 aromatic rings. The van der Waals surface area contributed by atoms with Crippen molar-refractivity contribution in [2.24, 2.45) is 0 Å². The third-order valence-electron chi connectivity index (χ3n) is 3.82. The maximum Gasteiger partial charge on any atom is 0.226 e. The molecule has 23 heavy (non-hydrogen) atoms. The van der Waals surface area contributed by atoms with Gasteiger partial charge < -0.3 is 14.8 Å². The van der Waals surface area contributed by atoms with E-state index in [2.05, 4.69) is 44.5 Å². The Labute approximate surface area is 136 Å². The van der Waals surface area contributed by atoms with Crippen LogP contribution in [0, 0.1) is 0 Å². The van der Waals surface area contributed by atoms with E-state index < -0.39 is 0 Å². The van der Waals surface area contributed by atoms with E-state index in [1.807, 2.05) is 0 Å². The summed E-state index contributed by atoms with van der Waals surface area (Å²) in [7, 11) is 1.60. The highest BCUT2D eigenvalue weighted by atomic mass is 16.5. The van der Waals surface area contributed by atoms with E-state index in [9.17, 15) is 0 Å². The lowest BCUT2D eigenvalue weighted by atomic mass is 10.1. The summed E-state index contributed by atoms with van der Waals surface area (Å²) in [6.45, 7) is 5.36. The summed E-state index contributed by atoms with van der Waals surface area (Å²) >= 11 is 0. The first-order valence-corrected chi connectivity index (χ1v) is 7.82. The summed E-state index contributed by atoms with van der Waals surface area (Å²) in [5, 5.41) is 3.21. The second-order valence-corrected chi connectivity index (χ2v) is 5.48. The molecule has 1 N–H and O–H groups in total. The van der Waals surface area contributed by atoms with Gasteiger partial charge in [0.25, 0.3) is 0 Å². The summed E-state index contributed by atoms with van der Waals surface area (Å²) in [5.41, 5.74) is 2.52. The fraction of sp³-hybridized carbons (Fsp3) is 0.412. The number of methoxy groups -OCH3 is 1. The molecule has 1 fully saturated rings. The quantitative estimate of drug-likeness (QED) is 0.879. The van der Waals surface area contributed by atoms with Gasteiger partial charge in [0.2, 0.25) is 11.8 Å². The summed E-state index contributed by atoms with van der Waals surface area (Å²) in [6.07, 6.45) is 1.68. The van der Waals surface area contributed by atoms with E-state index in [4.69, 9.17) is 9.47 Å². The maximum atomic E-state index is 5.38. The first-order chi connectivity index (χ1) is 11.3. The minimum absolute atomic E-state index is 0.559. The van der Waals surface area contributed by atoms with Crippen molar-refractivity contribution in [2.45, 2.75) is 13.1 Å². The Bertz CT molecular complexity index is 612. The molecule has 1 aliphatic rings. The van der Waals surface area contributed by atoms with Crippen LogP contribution >= 0.6 is 0 Å². The number of hydrogen-bond acceptors (Lipinski definition) is 6. The van der Waals surface area contributed by atoms with Gasteiger partial charge in [-0.1, -0.05) is 24.3 Å². The molecule has 0 bridgehead atoms. The van der Waals surface area contributed by atoms with Gasteiger partial charge in [0.05, 0.1) is 20.3 Å². The van der Waals surface area contributed by atoms with Crippen LogP contribution in [-0.4, -0.2) is 48.3 Å². The number of morpholine rings is 1. The summed E-state index contributed by atoms with van der Waals surface area (Å²) in [6, 6.07) is 10.4. The van der Waals surface area contributed by atoms with Gasteiger partial charge in [0.15, 0.2) is 0 Å². The van der Waals surface area contributed by atoms with Gasteiger partial charge in [0, 0.05) is 38.4 Å². The summed E-state index contributed by atoms with van der Waals surface area (Å²) in [5.74, 6) is 1.13. The fourth-order valence-electron chi connectivity index (χ4n) is 2.50. The molecule has 1 aliphatic heterocycles. The van der Waals surface area contributed by atoms with Crippen molar-refractivity contribution in [2.75, 3.05) is 38.7 Å². The van der Waals surface area contributed by atoms with E-state index in [1.165, 1.54) is 11.1 Å². The molecule has 6 nitrogen and oxygen atoms in total. The molecule has 1 aromatic heterocycles. The first-order valence-electron chi connectivity index (χ1n) is 7.82. The predicted octanol–water partition coefficient (Wildman–Crippen LogP) is 1.93. The van der Waals surface area contributed by atoms with E-state index in [0.717, 1.165) is 32.8 Å². The third-order valence-corrected chi connectivity index (χ3v) is 3.82. The Morgan fingerprint density at radius 3 is 2.61 bits per heavy atom. The molecule has 122 valence electrons. The van der Waals surface area contributed by atoms with Crippen molar-refractivity contribution in [1.29, 1.82) is 0 Å². The molecule has 3 rings (SSSR count). The number of nitrogens with zero attached hydrogens (tertiary/aromatic N) is 3. The van der Waals surface area contributed by atoms with Crippen molar-refractivity contribution >= 4 is 5.95 Å². The molecule has 2 heterocycles.